The van der Waals surface area contributed by atoms with E-state index in [-0.39, 0.29) is 18.5 Å². The number of amides is 1. The van der Waals surface area contributed by atoms with Crippen LogP contribution in [0.5, 0.6) is 0 Å². The Morgan fingerprint density at radius 1 is 1.19 bits per heavy atom. The first kappa shape index (κ1) is 20.0. The molecule has 0 fully saturated rings. The van der Waals surface area contributed by atoms with Crippen LogP contribution in [0.25, 0.3) is 0 Å². The van der Waals surface area contributed by atoms with E-state index in [2.05, 4.69) is 61.7 Å². The Balaban J connectivity index is 2.03. The zero-order chi connectivity index (χ0) is 19.1. The van der Waals surface area contributed by atoms with Gasteiger partial charge in [-0.3, -0.25) is 4.79 Å². The SMILES string of the molecule is CCc1ccc([C@H](NCC(=O)Nc2cc(Cl)ccc2C#N)C(C)C)cc1. The van der Waals surface area contributed by atoms with Gasteiger partial charge in [0.15, 0.2) is 0 Å². The van der Waals surface area contributed by atoms with E-state index in [0.29, 0.717) is 22.2 Å². The minimum absolute atomic E-state index is 0.0708. The summed E-state index contributed by atoms with van der Waals surface area (Å²) in [6, 6.07) is 15.4. The summed E-state index contributed by atoms with van der Waals surface area (Å²) in [4.78, 5) is 12.3. The largest absolute Gasteiger partial charge is 0.324 e. The Kier molecular flexibility index (Phi) is 7.20. The predicted molar refractivity (Wildman–Crippen MR) is 106 cm³/mol. The van der Waals surface area contributed by atoms with Crippen molar-refractivity contribution in [2.24, 2.45) is 5.92 Å². The molecule has 0 radical (unpaired) electrons. The maximum atomic E-state index is 12.3. The summed E-state index contributed by atoms with van der Waals surface area (Å²) in [5.74, 6) is 0.121. The van der Waals surface area contributed by atoms with Gasteiger partial charge >= 0.3 is 0 Å². The van der Waals surface area contributed by atoms with Crippen molar-refractivity contribution in [1.29, 1.82) is 5.26 Å². The molecular weight excluding hydrogens is 346 g/mol. The number of rotatable bonds is 7. The molecule has 5 heteroatoms. The lowest BCUT2D eigenvalue weighted by molar-refractivity contribution is -0.115. The first-order valence-electron chi connectivity index (χ1n) is 8.76. The van der Waals surface area contributed by atoms with Gasteiger partial charge in [0.1, 0.15) is 6.07 Å². The Morgan fingerprint density at radius 3 is 2.46 bits per heavy atom. The summed E-state index contributed by atoms with van der Waals surface area (Å²) in [5, 5.41) is 15.7. The summed E-state index contributed by atoms with van der Waals surface area (Å²) in [6.07, 6.45) is 1.00. The maximum Gasteiger partial charge on any atom is 0.238 e. The van der Waals surface area contributed by atoms with Crippen LogP contribution in [0.4, 0.5) is 5.69 Å². The highest BCUT2D eigenvalue weighted by molar-refractivity contribution is 6.31. The highest BCUT2D eigenvalue weighted by Gasteiger charge is 2.17. The van der Waals surface area contributed by atoms with Crippen molar-refractivity contribution in [2.45, 2.75) is 33.2 Å². The van der Waals surface area contributed by atoms with E-state index >= 15 is 0 Å². The molecule has 0 aliphatic heterocycles. The molecule has 0 bridgehead atoms. The number of halogens is 1. The average Bonchev–Trinajstić information content (AvgIpc) is 2.62. The van der Waals surface area contributed by atoms with Crippen LogP contribution in [0.3, 0.4) is 0 Å². The Labute approximate surface area is 160 Å². The monoisotopic (exact) mass is 369 g/mol. The smallest absolute Gasteiger partial charge is 0.238 e. The summed E-state index contributed by atoms with van der Waals surface area (Å²) in [6.45, 7) is 6.51. The Bertz CT molecular complexity index is 794. The lowest BCUT2D eigenvalue weighted by Gasteiger charge is -2.23. The summed E-state index contributed by atoms with van der Waals surface area (Å²) >= 11 is 5.95. The van der Waals surface area contributed by atoms with E-state index in [9.17, 15) is 4.79 Å². The number of benzene rings is 2. The Morgan fingerprint density at radius 2 is 1.88 bits per heavy atom. The number of hydrogen-bond acceptors (Lipinski definition) is 3. The second-order valence-corrected chi connectivity index (χ2v) is 6.98. The number of hydrogen-bond donors (Lipinski definition) is 2. The van der Waals surface area contributed by atoms with Gasteiger partial charge in [0.25, 0.3) is 0 Å². The standard InChI is InChI=1S/C21H24ClN3O/c1-4-15-5-7-16(8-6-15)21(14(2)3)24-13-20(26)25-19-11-18(22)10-9-17(19)12-23/h5-11,14,21,24H,4,13H2,1-3H3,(H,25,26)/t21-/m1/s1. The molecule has 0 spiro atoms. The van der Waals surface area contributed by atoms with E-state index in [1.165, 1.54) is 5.56 Å². The number of nitrogens with zero attached hydrogens (tertiary/aromatic N) is 1. The molecule has 26 heavy (non-hydrogen) atoms. The molecule has 0 saturated heterocycles. The lowest BCUT2D eigenvalue weighted by atomic mass is 9.95. The van der Waals surface area contributed by atoms with Crippen LogP contribution in [0.1, 0.15) is 43.5 Å². The van der Waals surface area contributed by atoms with E-state index in [0.717, 1.165) is 12.0 Å². The van der Waals surface area contributed by atoms with Crippen LogP contribution in [-0.4, -0.2) is 12.5 Å². The molecule has 0 aliphatic carbocycles. The van der Waals surface area contributed by atoms with Gasteiger partial charge in [-0.05, 0) is 41.7 Å². The van der Waals surface area contributed by atoms with E-state index < -0.39 is 0 Å². The van der Waals surface area contributed by atoms with E-state index in [1.54, 1.807) is 18.2 Å². The highest BCUT2D eigenvalue weighted by atomic mass is 35.5. The van der Waals surface area contributed by atoms with Crippen molar-refractivity contribution in [2.75, 3.05) is 11.9 Å². The van der Waals surface area contributed by atoms with Gasteiger partial charge in [-0.15, -0.1) is 0 Å². The molecule has 2 N–H and O–H groups in total. The maximum absolute atomic E-state index is 12.3. The molecule has 0 aliphatic rings. The number of anilines is 1. The van der Waals surface area contributed by atoms with Crippen molar-refractivity contribution in [1.82, 2.24) is 5.32 Å². The third-order valence-electron chi connectivity index (χ3n) is 4.27. The minimum Gasteiger partial charge on any atom is -0.324 e. The second-order valence-electron chi connectivity index (χ2n) is 6.55. The van der Waals surface area contributed by atoms with Crippen molar-refractivity contribution in [3.8, 4) is 6.07 Å². The topological polar surface area (TPSA) is 64.9 Å². The van der Waals surface area contributed by atoms with Crippen molar-refractivity contribution in [3.63, 3.8) is 0 Å². The van der Waals surface area contributed by atoms with Crippen LogP contribution in [0.15, 0.2) is 42.5 Å². The quantitative estimate of drug-likeness (QED) is 0.743. The van der Waals surface area contributed by atoms with Crippen molar-refractivity contribution in [3.05, 3.63) is 64.2 Å². The van der Waals surface area contributed by atoms with Gasteiger partial charge in [-0.1, -0.05) is 56.6 Å². The molecule has 1 amide bonds. The lowest BCUT2D eigenvalue weighted by Crippen LogP contribution is -2.33. The molecule has 0 saturated carbocycles. The average molecular weight is 370 g/mol. The number of carbonyl (C=O) groups is 1. The molecule has 0 unspecified atom stereocenters. The van der Waals surface area contributed by atoms with E-state index in [1.807, 2.05) is 0 Å². The number of nitriles is 1. The van der Waals surface area contributed by atoms with Crippen LogP contribution >= 0.6 is 11.6 Å². The summed E-state index contributed by atoms with van der Waals surface area (Å²) in [7, 11) is 0. The number of aryl methyl sites for hydroxylation is 1. The van der Waals surface area contributed by atoms with Crippen LogP contribution < -0.4 is 10.6 Å². The highest BCUT2D eigenvalue weighted by Crippen LogP contribution is 2.23. The summed E-state index contributed by atoms with van der Waals surface area (Å²) in [5.41, 5.74) is 3.27. The van der Waals surface area contributed by atoms with Gasteiger partial charge in [0.2, 0.25) is 5.91 Å². The molecule has 0 heterocycles. The van der Waals surface area contributed by atoms with Crippen LogP contribution in [0, 0.1) is 17.2 Å². The van der Waals surface area contributed by atoms with E-state index in [4.69, 9.17) is 16.9 Å². The molecule has 2 rings (SSSR count). The second kappa shape index (κ2) is 9.38. The first-order valence-corrected chi connectivity index (χ1v) is 9.14. The molecular formula is C21H24ClN3O. The number of nitrogens with one attached hydrogen (secondary N) is 2. The fraction of sp³-hybridized carbons (Fsp3) is 0.333. The fourth-order valence-electron chi connectivity index (χ4n) is 2.81. The van der Waals surface area contributed by atoms with Crippen molar-refractivity contribution < 1.29 is 4.79 Å². The van der Waals surface area contributed by atoms with Gasteiger partial charge < -0.3 is 10.6 Å². The molecule has 2 aromatic rings. The zero-order valence-corrected chi connectivity index (χ0v) is 16.1. The third-order valence-corrected chi connectivity index (χ3v) is 4.51. The van der Waals surface area contributed by atoms with Crippen LogP contribution in [0.2, 0.25) is 5.02 Å². The van der Waals surface area contributed by atoms with Gasteiger partial charge in [0.05, 0.1) is 17.8 Å². The predicted octanol–water partition coefficient (Wildman–Crippen LogP) is 4.70. The number of carbonyl (C=O) groups excluding carboxylic acids is 1. The molecule has 2 aromatic carbocycles. The molecule has 136 valence electrons. The summed E-state index contributed by atoms with van der Waals surface area (Å²) < 4.78 is 0. The first-order chi connectivity index (χ1) is 12.4. The normalized spacial score (nSPS) is 11.8. The molecule has 4 nitrogen and oxygen atoms in total. The van der Waals surface area contributed by atoms with Gasteiger partial charge in [0, 0.05) is 11.1 Å². The molecule has 0 aromatic heterocycles. The van der Waals surface area contributed by atoms with Crippen molar-refractivity contribution >= 4 is 23.2 Å². The van der Waals surface area contributed by atoms with Gasteiger partial charge in [-0.25, -0.2) is 0 Å². The van der Waals surface area contributed by atoms with Crippen LogP contribution in [-0.2, 0) is 11.2 Å². The Hall–Kier alpha value is -2.35. The zero-order valence-electron chi connectivity index (χ0n) is 15.3. The molecule has 1 atom stereocenters. The minimum atomic E-state index is -0.209. The van der Waals surface area contributed by atoms with Gasteiger partial charge in [-0.2, -0.15) is 5.26 Å². The fourth-order valence-corrected chi connectivity index (χ4v) is 2.99. The third kappa shape index (κ3) is 5.32.